The molecule has 1 aromatic carbocycles. The van der Waals surface area contributed by atoms with Crippen molar-refractivity contribution in [1.29, 1.82) is 0 Å². The third-order valence-electron chi connectivity index (χ3n) is 4.72. The molecule has 30 heavy (non-hydrogen) atoms. The van der Waals surface area contributed by atoms with Gasteiger partial charge in [0, 0.05) is 19.7 Å². The van der Waals surface area contributed by atoms with Crippen LogP contribution < -0.4 is 19.5 Å². The minimum absolute atomic E-state index is 0.0930. The first-order valence-corrected chi connectivity index (χ1v) is 10.2. The molecule has 1 N–H and O–H groups in total. The Morgan fingerprint density at radius 3 is 2.50 bits per heavy atom. The van der Waals surface area contributed by atoms with Crippen molar-refractivity contribution >= 4 is 34.9 Å². The molecule has 2 aliphatic heterocycles. The van der Waals surface area contributed by atoms with Crippen molar-refractivity contribution < 1.29 is 33.3 Å². The van der Waals surface area contributed by atoms with E-state index < -0.39 is 12.0 Å². The van der Waals surface area contributed by atoms with Gasteiger partial charge in [-0.2, -0.15) is 0 Å². The summed E-state index contributed by atoms with van der Waals surface area (Å²) in [5.74, 6) is 0.697. The number of benzene rings is 1. The first-order chi connectivity index (χ1) is 14.5. The normalized spacial score (nSPS) is 20.0. The molecule has 0 saturated carbocycles. The molecule has 2 heterocycles. The highest BCUT2D eigenvalue weighted by Gasteiger charge is 2.35. The van der Waals surface area contributed by atoms with Crippen molar-refractivity contribution in [1.82, 2.24) is 10.2 Å². The molecule has 3 amide bonds. The van der Waals surface area contributed by atoms with Crippen LogP contribution in [0.1, 0.15) is 18.4 Å². The van der Waals surface area contributed by atoms with Gasteiger partial charge in [-0.1, -0.05) is 0 Å². The number of carbonyl (C=O) groups excluding carboxylic acids is 3. The summed E-state index contributed by atoms with van der Waals surface area (Å²) in [6.07, 6.45) is 2.69. The smallest absolute Gasteiger partial charge is 0.293 e. The van der Waals surface area contributed by atoms with Crippen molar-refractivity contribution in [3.63, 3.8) is 0 Å². The highest BCUT2D eigenvalue weighted by atomic mass is 32.2. The van der Waals surface area contributed by atoms with Gasteiger partial charge in [-0.15, -0.1) is 0 Å². The molecular weight excluding hydrogens is 412 g/mol. The number of nitrogens with one attached hydrogen (secondary N) is 1. The van der Waals surface area contributed by atoms with Crippen LogP contribution >= 0.6 is 11.8 Å². The van der Waals surface area contributed by atoms with E-state index in [0.29, 0.717) is 35.8 Å². The summed E-state index contributed by atoms with van der Waals surface area (Å²) in [6.45, 7) is 0.844. The van der Waals surface area contributed by atoms with Gasteiger partial charge in [0.25, 0.3) is 11.1 Å². The number of hydrogen-bond acceptors (Lipinski definition) is 8. The van der Waals surface area contributed by atoms with Gasteiger partial charge in [-0.3, -0.25) is 19.3 Å². The van der Waals surface area contributed by atoms with Gasteiger partial charge in [0.1, 0.15) is 6.10 Å². The summed E-state index contributed by atoms with van der Waals surface area (Å²) < 4.78 is 21.2. The third kappa shape index (κ3) is 4.71. The van der Waals surface area contributed by atoms with E-state index in [2.05, 4.69) is 5.32 Å². The molecule has 3 rings (SSSR count). The highest BCUT2D eigenvalue weighted by Crippen LogP contribution is 2.40. The lowest BCUT2D eigenvalue weighted by Gasteiger charge is -2.15. The number of methoxy groups -OCH3 is 3. The Morgan fingerprint density at radius 2 is 1.93 bits per heavy atom. The molecule has 0 bridgehead atoms. The van der Waals surface area contributed by atoms with E-state index >= 15 is 0 Å². The Bertz CT molecular complexity index is 840. The zero-order valence-electron chi connectivity index (χ0n) is 17.1. The number of imide groups is 1. The van der Waals surface area contributed by atoms with Crippen LogP contribution in [0.2, 0.25) is 0 Å². The summed E-state index contributed by atoms with van der Waals surface area (Å²) >= 11 is 0.846. The lowest BCUT2D eigenvalue weighted by Crippen LogP contribution is -2.40. The van der Waals surface area contributed by atoms with E-state index in [-0.39, 0.29) is 29.1 Å². The number of hydrogen-bond donors (Lipinski definition) is 1. The molecule has 1 atom stereocenters. The molecule has 0 spiro atoms. The lowest BCUT2D eigenvalue weighted by atomic mass is 10.1. The summed E-state index contributed by atoms with van der Waals surface area (Å²) in [5.41, 5.74) is 0.627. The SMILES string of the molecule is COc1cc(/C=C2/SC(=O)N(CCNC(=O)C3CCCO3)C2=O)cc(OC)c1OC. The van der Waals surface area contributed by atoms with E-state index in [9.17, 15) is 14.4 Å². The average molecular weight is 436 g/mol. The summed E-state index contributed by atoms with van der Waals surface area (Å²) in [4.78, 5) is 38.3. The molecule has 0 radical (unpaired) electrons. The van der Waals surface area contributed by atoms with Gasteiger partial charge in [-0.25, -0.2) is 0 Å². The number of amides is 3. The molecular formula is C20H24N2O7S. The fourth-order valence-corrected chi connectivity index (χ4v) is 4.08. The molecule has 1 aromatic rings. The maximum Gasteiger partial charge on any atom is 0.293 e. The molecule has 1 unspecified atom stereocenters. The lowest BCUT2D eigenvalue weighted by molar-refractivity contribution is -0.130. The van der Waals surface area contributed by atoms with Crippen LogP contribution in [0.5, 0.6) is 17.2 Å². The van der Waals surface area contributed by atoms with Crippen molar-refractivity contribution in [3.8, 4) is 17.2 Å². The Hall–Kier alpha value is -2.72. The Morgan fingerprint density at radius 1 is 1.23 bits per heavy atom. The Kier molecular flexibility index (Phi) is 7.22. The van der Waals surface area contributed by atoms with E-state index in [0.717, 1.165) is 23.1 Å². The topological polar surface area (TPSA) is 103 Å². The van der Waals surface area contributed by atoms with Gasteiger partial charge in [0.15, 0.2) is 11.5 Å². The van der Waals surface area contributed by atoms with Crippen molar-refractivity contribution in [2.24, 2.45) is 0 Å². The molecule has 2 saturated heterocycles. The molecule has 2 aliphatic rings. The molecule has 0 aliphatic carbocycles. The summed E-state index contributed by atoms with van der Waals surface area (Å²) in [6, 6.07) is 3.38. The van der Waals surface area contributed by atoms with Crippen LogP contribution in [0.3, 0.4) is 0 Å². The Labute approximate surface area is 178 Å². The van der Waals surface area contributed by atoms with Crippen molar-refractivity contribution in [2.75, 3.05) is 41.0 Å². The highest BCUT2D eigenvalue weighted by molar-refractivity contribution is 8.18. The van der Waals surface area contributed by atoms with Crippen molar-refractivity contribution in [2.45, 2.75) is 18.9 Å². The third-order valence-corrected chi connectivity index (χ3v) is 5.62. The second-order valence-corrected chi connectivity index (χ2v) is 7.58. The van der Waals surface area contributed by atoms with Gasteiger partial charge >= 0.3 is 0 Å². The Balaban J connectivity index is 1.68. The van der Waals surface area contributed by atoms with E-state index in [1.165, 1.54) is 21.3 Å². The predicted molar refractivity (Wildman–Crippen MR) is 111 cm³/mol. The van der Waals surface area contributed by atoms with E-state index in [4.69, 9.17) is 18.9 Å². The monoisotopic (exact) mass is 436 g/mol. The van der Waals surface area contributed by atoms with Crippen LogP contribution in [0.25, 0.3) is 6.08 Å². The van der Waals surface area contributed by atoms with Crippen LogP contribution in [0.15, 0.2) is 17.0 Å². The van der Waals surface area contributed by atoms with E-state index in [1.807, 2.05) is 0 Å². The maximum absolute atomic E-state index is 12.7. The number of nitrogens with zero attached hydrogens (tertiary/aromatic N) is 1. The van der Waals surface area contributed by atoms with Crippen molar-refractivity contribution in [3.05, 3.63) is 22.6 Å². The quantitative estimate of drug-likeness (QED) is 0.618. The first-order valence-electron chi connectivity index (χ1n) is 9.43. The predicted octanol–water partition coefficient (Wildman–Crippen LogP) is 2.04. The van der Waals surface area contributed by atoms with Gasteiger partial charge < -0.3 is 24.3 Å². The van der Waals surface area contributed by atoms with Gasteiger partial charge in [0.05, 0.1) is 26.2 Å². The molecule has 162 valence electrons. The fraction of sp³-hybridized carbons (Fsp3) is 0.450. The zero-order valence-corrected chi connectivity index (χ0v) is 17.9. The zero-order chi connectivity index (χ0) is 21.7. The summed E-state index contributed by atoms with van der Waals surface area (Å²) in [5, 5.41) is 2.33. The molecule has 0 aromatic heterocycles. The average Bonchev–Trinajstić information content (AvgIpc) is 3.37. The van der Waals surface area contributed by atoms with Crippen LogP contribution in [0, 0.1) is 0 Å². The summed E-state index contributed by atoms with van der Waals surface area (Å²) in [7, 11) is 4.50. The van der Waals surface area contributed by atoms with E-state index in [1.54, 1.807) is 18.2 Å². The van der Waals surface area contributed by atoms with Gasteiger partial charge in [-0.05, 0) is 48.4 Å². The fourth-order valence-electron chi connectivity index (χ4n) is 3.22. The largest absolute Gasteiger partial charge is 0.493 e. The molecule has 10 heteroatoms. The van der Waals surface area contributed by atoms with Crippen LogP contribution in [-0.2, 0) is 14.3 Å². The van der Waals surface area contributed by atoms with Gasteiger partial charge in [0.2, 0.25) is 11.7 Å². The molecule has 9 nitrogen and oxygen atoms in total. The number of rotatable bonds is 8. The minimum Gasteiger partial charge on any atom is -0.493 e. The van der Waals surface area contributed by atoms with Crippen LogP contribution in [0.4, 0.5) is 4.79 Å². The first kappa shape index (κ1) is 22.0. The number of carbonyl (C=O) groups is 3. The molecule has 2 fully saturated rings. The maximum atomic E-state index is 12.7. The second-order valence-electron chi connectivity index (χ2n) is 6.58. The number of thioether (sulfide) groups is 1. The standard InChI is InChI=1S/C20H24N2O7S/c1-26-14-9-12(10-15(27-2)17(14)28-3)11-16-19(24)22(20(25)30-16)7-6-21-18(23)13-5-4-8-29-13/h9-11,13H,4-8H2,1-3H3,(H,21,23)/b16-11+. The van der Waals surface area contributed by atoms with Crippen LogP contribution in [-0.4, -0.2) is 69.1 Å². The minimum atomic E-state index is -0.445. The number of ether oxygens (including phenoxy) is 4. The second kappa shape index (κ2) is 9.86.